The van der Waals surface area contributed by atoms with Gasteiger partial charge in [0, 0.05) is 5.56 Å². The van der Waals surface area contributed by atoms with Crippen molar-refractivity contribution in [2.24, 2.45) is 0 Å². The van der Waals surface area contributed by atoms with Crippen LogP contribution in [0.2, 0.25) is 0 Å². The van der Waals surface area contributed by atoms with Crippen molar-refractivity contribution in [2.75, 3.05) is 6.54 Å². The lowest BCUT2D eigenvalue weighted by molar-refractivity contribution is 0.303. The Morgan fingerprint density at radius 2 is 2.00 bits per heavy atom. The Kier molecular flexibility index (Phi) is 5.04. The van der Waals surface area contributed by atoms with Crippen LogP contribution in [0.1, 0.15) is 30.4 Å². The summed E-state index contributed by atoms with van der Waals surface area (Å²) in [5, 5.41) is 3.33. The van der Waals surface area contributed by atoms with Crippen molar-refractivity contribution in [1.82, 2.24) is 5.32 Å². The smallest absolute Gasteiger partial charge is 0.119 e. The van der Waals surface area contributed by atoms with Crippen molar-refractivity contribution in [3.8, 4) is 5.75 Å². The molecule has 0 saturated carbocycles. The molecule has 0 radical (unpaired) electrons. The topological polar surface area (TPSA) is 34.4 Å². The van der Waals surface area contributed by atoms with Gasteiger partial charge in [0.2, 0.25) is 0 Å². The molecule has 0 saturated heterocycles. The number of ether oxygens (including phenoxy) is 1. The van der Waals surface area contributed by atoms with Crippen LogP contribution < -0.4 is 10.1 Å². The Bertz CT molecular complexity index is 491. The van der Waals surface area contributed by atoms with Gasteiger partial charge in [0.1, 0.15) is 23.9 Å². The zero-order valence-electron chi connectivity index (χ0n) is 11.6. The van der Waals surface area contributed by atoms with Crippen molar-refractivity contribution in [3.63, 3.8) is 0 Å². The molecule has 19 heavy (non-hydrogen) atoms. The maximum absolute atomic E-state index is 5.73. The summed E-state index contributed by atoms with van der Waals surface area (Å²) in [4.78, 5) is 0. The van der Waals surface area contributed by atoms with Crippen LogP contribution in [0.5, 0.6) is 5.75 Å². The van der Waals surface area contributed by atoms with E-state index in [4.69, 9.17) is 9.15 Å². The Balaban J connectivity index is 1.90. The molecule has 0 atom stereocenters. The molecule has 2 rings (SSSR count). The highest BCUT2D eigenvalue weighted by atomic mass is 16.5. The number of para-hydroxylation sites is 1. The van der Waals surface area contributed by atoms with E-state index in [1.165, 1.54) is 0 Å². The molecule has 0 fully saturated rings. The van der Waals surface area contributed by atoms with E-state index in [1.54, 1.807) is 0 Å². The second-order valence-electron chi connectivity index (χ2n) is 4.57. The highest BCUT2D eigenvalue weighted by molar-refractivity contribution is 5.24. The minimum Gasteiger partial charge on any atom is -0.489 e. The Morgan fingerprint density at radius 3 is 2.74 bits per heavy atom. The minimum atomic E-state index is 0.549. The number of aryl methyl sites for hydroxylation is 1. The van der Waals surface area contributed by atoms with Crippen LogP contribution in [-0.4, -0.2) is 6.54 Å². The van der Waals surface area contributed by atoms with E-state index in [-0.39, 0.29) is 0 Å². The van der Waals surface area contributed by atoms with Gasteiger partial charge in [-0.25, -0.2) is 0 Å². The summed E-state index contributed by atoms with van der Waals surface area (Å²) in [7, 11) is 0. The summed E-state index contributed by atoms with van der Waals surface area (Å²) in [6, 6.07) is 11.9. The molecule has 0 aliphatic carbocycles. The highest BCUT2D eigenvalue weighted by Crippen LogP contribution is 2.17. The van der Waals surface area contributed by atoms with Crippen molar-refractivity contribution in [1.29, 1.82) is 0 Å². The fourth-order valence-corrected chi connectivity index (χ4v) is 1.88. The monoisotopic (exact) mass is 259 g/mol. The normalized spacial score (nSPS) is 10.6. The second-order valence-corrected chi connectivity index (χ2v) is 4.57. The molecule has 2 aromatic rings. The molecule has 0 unspecified atom stereocenters. The van der Waals surface area contributed by atoms with Crippen LogP contribution in [0.15, 0.2) is 40.8 Å². The van der Waals surface area contributed by atoms with Gasteiger partial charge in [-0.3, -0.25) is 0 Å². The number of hydrogen-bond acceptors (Lipinski definition) is 3. The third-order valence-corrected chi connectivity index (χ3v) is 2.94. The molecule has 0 aliphatic rings. The molecule has 1 aromatic heterocycles. The molecule has 0 amide bonds. The van der Waals surface area contributed by atoms with Crippen LogP contribution in [0, 0.1) is 6.92 Å². The molecule has 1 N–H and O–H groups in total. The van der Waals surface area contributed by atoms with Crippen molar-refractivity contribution >= 4 is 0 Å². The number of benzene rings is 1. The Labute approximate surface area is 114 Å². The lowest BCUT2D eigenvalue weighted by atomic mass is 10.2. The van der Waals surface area contributed by atoms with Crippen molar-refractivity contribution < 1.29 is 9.15 Å². The van der Waals surface area contributed by atoms with Gasteiger partial charge in [-0.2, -0.15) is 0 Å². The van der Waals surface area contributed by atoms with E-state index in [1.807, 2.05) is 37.3 Å². The largest absolute Gasteiger partial charge is 0.489 e. The van der Waals surface area contributed by atoms with E-state index < -0.39 is 0 Å². The summed E-state index contributed by atoms with van der Waals surface area (Å²) in [5.41, 5.74) is 1.11. The van der Waals surface area contributed by atoms with Gasteiger partial charge in [0.05, 0.1) is 6.54 Å². The Hall–Kier alpha value is -1.74. The van der Waals surface area contributed by atoms with Gasteiger partial charge in [0.15, 0.2) is 0 Å². The van der Waals surface area contributed by atoms with Gasteiger partial charge < -0.3 is 14.5 Å². The lowest BCUT2D eigenvalue weighted by Gasteiger charge is -2.04. The van der Waals surface area contributed by atoms with Gasteiger partial charge >= 0.3 is 0 Å². The summed E-state index contributed by atoms with van der Waals surface area (Å²) in [5.74, 6) is 2.79. The number of nitrogens with one attached hydrogen (secondary N) is 1. The van der Waals surface area contributed by atoms with Crippen molar-refractivity contribution in [3.05, 3.63) is 53.5 Å². The predicted octanol–water partition coefficient (Wildman–Crippen LogP) is 3.67. The Morgan fingerprint density at radius 1 is 1.21 bits per heavy atom. The molecule has 0 aliphatic heterocycles. The van der Waals surface area contributed by atoms with Gasteiger partial charge in [-0.05, 0) is 38.1 Å². The number of furan rings is 1. The maximum Gasteiger partial charge on any atom is 0.119 e. The first-order chi connectivity index (χ1) is 9.29. The van der Waals surface area contributed by atoms with Crippen LogP contribution in [0.25, 0.3) is 0 Å². The third-order valence-electron chi connectivity index (χ3n) is 2.94. The number of hydrogen-bond donors (Lipinski definition) is 1. The third kappa shape index (κ3) is 4.14. The molecular formula is C16H21NO2. The van der Waals surface area contributed by atoms with E-state index in [2.05, 4.69) is 18.3 Å². The van der Waals surface area contributed by atoms with Gasteiger partial charge in [-0.1, -0.05) is 25.1 Å². The van der Waals surface area contributed by atoms with E-state index >= 15 is 0 Å². The zero-order chi connectivity index (χ0) is 13.5. The average Bonchev–Trinajstić information content (AvgIpc) is 2.78. The minimum absolute atomic E-state index is 0.549. The van der Waals surface area contributed by atoms with Crippen LogP contribution >= 0.6 is 0 Å². The van der Waals surface area contributed by atoms with Crippen molar-refractivity contribution in [2.45, 2.75) is 33.4 Å². The van der Waals surface area contributed by atoms with E-state index in [9.17, 15) is 0 Å². The lowest BCUT2D eigenvalue weighted by Crippen LogP contribution is -2.13. The van der Waals surface area contributed by atoms with E-state index in [0.29, 0.717) is 6.61 Å². The van der Waals surface area contributed by atoms with Crippen LogP contribution in [0.4, 0.5) is 0 Å². The molecule has 1 aromatic carbocycles. The number of rotatable bonds is 7. The van der Waals surface area contributed by atoms with Gasteiger partial charge in [-0.15, -0.1) is 0 Å². The quantitative estimate of drug-likeness (QED) is 0.770. The summed E-state index contributed by atoms with van der Waals surface area (Å²) >= 11 is 0. The fraction of sp³-hybridized carbons (Fsp3) is 0.375. The standard InChI is InChI=1S/C16H21NO2/c1-3-9-17-11-16-10-14(13(2)19-16)12-18-15-7-5-4-6-8-15/h4-8,10,17H,3,9,11-12H2,1-2H3. The van der Waals surface area contributed by atoms with Crippen LogP contribution in [0.3, 0.4) is 0 Å². The molecule has 3 heteroatoms. The zero-order valence-corrected chi connectivity index (χ0v) is 11.6. The average molecular weight is 259 g/mol. The summed E-state index contributed by atoms with van der Waals surface area (Å²) < 4.78 is 11.4. The maximum atomic E-state index is 5.73. The first-order valence-electron chi connectivity index (χ1n) is 6.76. The molecule has 1 heterocycles. The van der Waals surface area contributed by atoms with Gasteiger partial charge in [0.25, 0.3) is 0 Å². The first-order valence-corrected chi connectivity index (χ1v) is 6.76. The van der Waals surface area contributed by atoms with Crippen LogP contribution in [-0.2, 0) is 13.2 Å². The molecule has 3 nitrogen and oxygen atoms in total. The molecule has 102 valence electrons. The molecule has 0 spiro atoms. The molecular weight excluding hydrogens is 238 g/mol. The summed E-state index contributed by atoms with van der Waals surface area (Å²) in [6.07, 6.45) is 1.13. The fourth-order valence-electron chi connectivity index (χ4n) is 1.88. The van der Waals surface area contributed by atoms with E-state index in [0.717, 1.165) is 42.3 Å². The predicted molar refractivity (Wildman–Crippen MR) is 76.2 cm³/mol. The highest BCUT2D eigenvalue weighted by Gasteiger charge is 2.07. The summed E-state index contributed by atoms with van der Waals surface area (Å²) in [6.45, 7) is 6.47. The first kappa shape index (κ1) is 13.7. The molecule has 0 bridgehead atoms. The SMILES string of the molecule is CCCNCc1cc(COc2ccccc2)c(C)o1. The second kappa shape index (κ2) is 7.00.